The quantitative estimate of drug-likeness (QED) is 0.720. The van der Waals surface area contributed by atoms with Gasteiger partial charge in [-0.1, -0.05) is 19.3 Å². The number of carbonyl (C=O) groups is 3. The second-order valence-electron chi connectivity index (χ2n) is 7.45. The molecule has 0 radical (unpaired) electrons. The molecule has 0 aromatic heterocycles. The van der Waals surface area contributed by atoms with Gasteiger partial charge in [-0.15, -0.1) is 0 Å². The van der Waals surface area contributed by atoms with Crippen LogP contribution in [0.15, 0.2) is 18.2 Å². The van der Waals surface area contributed by atoms with Gasteiger partial charge in [0.1, 0.15) is 5.75 Å². The van der Waals surface area contributed by atoms with Crippen molar-refractivity contribution in [1.29, 1.82) is 0 Å². The average Bonchev–Trinajstić information content (AvgIpc) is 2.75. The molecule has 1 saturated heterocycles. The summed E-state index contributed by atoms with van der Waals surface area (Å²) in [6.45, 7) is 1.42. The Morgan fingerprint density at radius 2 is 1.54 bits per heavy atom. The predicted molar refractivity (Wildman–Crippen MR) is 101 cm³/mol. The Balaban J connectivity index is 1.65. The Bertz CT molecular complexity index is 712. The summed E-state index contributed by atoms with van der Waals surface area (Å²) in [7, 11) is 2.51. The predicted octanol–water partition coefficient (Wildman–Crippen LogP) is 2.68. The molecule has 3 rings (SSSR count). The lowest BCUT2D eigenvalue weighted by atomic mass is 9.75. The third-order valence-corrected chi connectivity index (χ3v) is 5.75. The standard InChI is InChI=1S/C21H27NO6/c1-26-20(24)16-9-17(21(25)27-2)11-18(10-16)28-13-19(23)22-8-7-14-5-3-4-6-15(14)12-22/h9-11,14-15H,3-8,12-13H2,1-2H3/t14-,15-/m1/s1. The summed E-state index contributed by atoms with van der Waals surface area (Å²) < 4.78 is 15.0. The van der Waals surface area contributed by atoms with Crippen LogP contribution in [-0.4, -0.2) is 56.7 Å². The fourth-order valence-electron chi connectivity index (χ4n) is 4.22. The van der Waals surface area contributed by atoms with Gasteiger partial charge in [-0.25, -0.2) is 9.59 Å². The van der Waals surface area contributed by atoms with Gasteiger partial charge in [0.25, 0.3) is 5.91 Å². The molecule has 0 bridgehead atoms. The highest BCUT2D eigenvalue weighted by Crippen LogP contribution is 2.36. The van der Waals surface area contributed by atoms with Gasteiger partial charge in [-0.3, -0.25) is 4.79 Å². The number of esters is 2. The highest BCUT2D eigenvalue weighted by Gasteiger charge is 2.33. The van der Waals surface area contributed by atoms with Crippen molar-refractivity contribution in [2.75, 3.05) is 33.9 Å². The molecule has 1 aromatic carbocycles. The summed E-state index contributed by atoms with van der Waals surface area (Å²) in [5, 5.41) is 0. The Hall–Kier alpha value is -2.57. The number of carbonyl (C=O) groups excluding carboxylic acids is 3. The number of ether oxygens (including phenoxy) is 3. The largest absolute Gasteiger partial charge is 0.484 e. The molecule has 7 heteroatoms. The molecular formula is C21H27NO6. The van der Waals surface area contributed by atoms with E-state index in [0.717, 1.165) is 25.4 Å². The summed E-state index contributed by atoms with van der Waals surface area (Å²) in [6.07, 6.45) is 6.08. The number of fused-ring (bicyclic) bond motifs is 1. The van der Waals surface area contributed by atoms with Crippen molar-refractivity contribution >= 4 is 17.8 Å². The highest BCUT2D eigenvalue weighted by atomic mass is 16.5. The lowest BCUT2D eigenvalue weighted by Gasteiger charge is -2.41. The van der Waals surface area contributed by atoms with Gasteiger partial charge < -0.3 is 19.1 Å². The maximum Gasteiger partial charge on any atom is 0.338 e. The molecule has 1 saturated carbocycles. The minimum absolute atomic E-state index is 0.0767. The number of nitrogens with zero attached hydrogens (tertiary/aromatic N) is 1. The second kappa shape index (κ2) is 9.08. The zero-order chi connectivity index (χ0) is 20.1. The summed E-state index contributed by atoms with van der Waals surface area (Å²) in [4.78, 5) is 38.2. The molecule has 1 aliphatic carbocycles. The number of hydrogen-bond donors (Lipinski definition) is 0. The molecular weight excluding hydrogens is 362 g/mol. The van der Waals surface area contributed by atoms with Crippen molar-refractivity contribution in [3.05, 3.63) is 29.3 Å². The van der Waals surface area contributed by atoms with E-state index in [-0.39, 0.29) is 29.4 Å². The smallest absolute Gasteiger partial charge is 0.338 e. The molecule has 28 heavy (non-hydrogen) atoms. The topological polar surface area (TPSA) is 82.1 Å². The molecule has 1 heterocycles. The van der Waals surface area contributed by atoms with E-state index >= 15 is 0 Å². The lowest BCUT2D eigenvalue weighted by molar-refractivity contribution is -0.136. The number of methoxy groups -OCH3 is 2. The number of benzene rings is 1. The van der Waals surface area contributed by atoms with Gasteiger partial charge in [0.05, 0.1) is 25.3 Å². The van der Waals surface area contributed by atoms with E-state index in [0.29, 0.717) is 5.92 Å². The number of amides is 1. The molecule has 2 atom stereocenters. The molecule has 2 aliphatic rings. The van der Waals surface area contributed by atoms with Gasteiger partial charge in [0, 0.05) is 13.1 Å². The zero-order valence-electron chi connectivity index (χ0n) is 16.4. The Morgan fingerprint density at radius 1 is 0.929 bits per heavy atom. The first kappa shape index (κ1) is 20.2. The molecule has 0 N–H and O–H groups in total. The monoisotopic (exact) mass is 389 g/mol. The average molecular weight is 389 g/mol. The van der Waals surface area contributed by atoms with Crippen LogP contribution < -0.4 is 4.74 Å². The molecule has 1 amide bonds. The maximum atomic E-state index is 12.6. The number of piperidine rings is 1. The van der Waals surface area contributed by atoms with E-state index in [4.69, 9.17) is 14.2 Å². The van der Waals surface area contributed by atoms with Crippen LogP contribution in [0.25, 0.3) is 0 Å². The van der Waals surface area contributed by atoms with E-state index < -0.39 is 11.9 Å². The molecule has 0 unspecified atom stereocenters. The van der Waals surface area contributed by atoms with Crippen LogP contribution in [0.4, 0.5) is 0 Å². The first-order valence-electron chi connectivity index (χ1n) is 9.74. The normalized spacial score (nSPS) is 21.4. The third kappa shape index (κ3) is 4.64. The maximum absolute atomic E-state index is 12.6. The van der Waals surface area contributed by atoms with E-state index in [2.05, 4.69) is 0 Å². The zero-order valence-corrected chi connectivity index (χ0v) is 16.4. The Labute approximate surface area is 164 Å². The fourth-order valence-corrected chi connectivity index (χ4v) is 4.22. The minimum Gasteiger partial charge on any atom is -0.484 e. The molecule has 1 aromatic rings. The Kier molecular flexibility index (Phi) is 6.54. The van der Waals surface area contributed by atoms with E-state index in [1.165, 1.54) is 58.1 Å². The SMILES string of the molecule is COC(=O)c1cc(OCC(=O)N2CC[C@H]3CCCC[C@@H]3C2)cc(C(=O)OC)c1. The number of hydrogen-bond acceptors (Lipinski definition) is 6. The van der Waals surface area contributed by atoms with Crippen molar-refractivity contribution in [2.45, 2.75) is 32.1 Å². The van der Waals surface area contributed by atoms with Crippen LogP contribution >= 0.6 is 0 Å². The Morgan fingerprint density at radius 3 is 2.14 bits per heavy atom. The molecule has 152 valence electrons. The van der Waals surface area contributed by atoms with E-state index in [1.54, 1.807) is 0 Å². The molecule has 7 nitrogen and oxygen atoms in total. The van der Waals surface area contributed by atoms with Crippen LogP contribution in [0.2, 0.25) is 0 Å². The van der Waals surface area contributed by atoms with Crippen LogP contribution in [-0.2, 0) is 14.3 Å². The van der Waals surface area contributed by atoms with Crippen molar-refractivity contribution < 1.29 is 28.6 Å². The van der Waals surface area contributed by atoms with Crippen molar-refractivity contribution in [1.82, 2.24) is 4.90 Å². The van der Waals surface area contributed by atoms with Crippen molar-refractivity contribution in [2.24, 2.45) is 11.8 Å². The summed E-state index contributed by atoms with van der Waals surface area (Å²) in [5.41, 5.74) is 0.326. The van der Waals surface area contributed by atoms with Gasteiger partial charge >= 0.3 is 11.9 Å². The second-order valence-corrected chi connectivity index (χ2v) is 7.45. The molecule has 0 spiro atoms. The van der Waals surface area contributed by atoms with E-state index in [9.17, 15) is 14.4 Å². The van der Waals surface area contributed by atoms with Gasteiger partial charge in [0.2, 0.25) is 0 Å². The first-order valence-corrected chi connectivity index (χ1v) is 9.74. The van der Waals surface area contributed by atoms with Gasteiger partial charge in [0.15, 0.2) is 6.61 Å². The summed E-state index contributed by atoms with van der Waals surface area (Å²) in [6, 6.07) is 4.29. The molecule has 1 aliphatic heterocycles. The van der Waals surface area contributed by atoms with Crippen molar-refractivity contribution in [3.63, 3.8) is 0 Å². The van der Waals surface area contributed by atoms with Gasteiger partial charge in [-0.05, 0) is 42.9 Å². The fraction of sp³-hybridized carbons (Fsp3) is 0.571. The van der Waals surface area contributed by atoms with Gasteiger partial charge in [-0.2, -0.15) is 0 Å². The number of rotatable bonds is 5. The third-order valence-electron chi connectivity index (χ3n) is 5.75. The highest BCUT2D eigenvalue weighted by molar-refractivity contribution is 5.96. The van der Waals surface area contributed by atoms with Crippen LogP contribution in [0.5, 0.6) is 5.75 Å². The first-order chi connectivity index (χ1) is 13.5. The summed E-state index contributed by atoms with van der Waals surface area (Å²) in [5.74, 6) is 0.331. The van der Waals surface area contributed by atoms with Crippen LogP contribution in [0, 0.1) is 11.8 Å². The lowest BCUT2D eigenvalue weighted by Crippen LogP contribution is -2.46. The number of likely N-dealkylation sites (tertiary alicyclic amines) is 1. The van der Waals surface area contributed by atoms with Crippen LogP contribution in [0.1, 0.15) is 52.8 Å². The van der Waals surface area contributed by atoms with Crippen molar-refractivity contribution in [3.8, 4) is 5.75 Å². The van der Waals surface area contributed by atoms with E-state index in [1.807, 2.05) is 4.90 Å². The van der Waals surface area contributed by atoms with Crippen LogP contribution in [0.3, 0.4) is 0 Å². The summed E-state index contributed by atoms with van der Waals surface area (Å²) >= 11 is 0. The minimum atomic E-state index is -0.596. The molecule has 2 fully saturated rings.